The Bertz CT molecular complexity index is 1130. The molecule has 0 saturated carbocycles. The zero-order chi connectivity index (χ0) is 21.1. The van der Waals surface area contributed by atoms with E-state index < -0.39 is 15.6 Å². The molecule has 3 rings (SSSR count). The van der Waals surface area contributed by atoms with Gasteiger partial charge in [-0.3, -0.25) is 4.79 Å². The summed E-state index contributed by atoms with van der Waals surface area (Å²) in [7, 11) is -3.68. The van der Waals surface area contributed by atoms with Crippen LogP contribution in [0.4, 0.5) is 5.69 Å². The highest BCUT2D eigenvalue weighted by molar-refractivity contribution is 7.89. The third-order valence-electron chi connectivity index (χ3n) is 3.96. The van der Waals surface area contributed by atoms with Crippen molar-refractivity contribution in [2.24, 2.45) is 0 Å². The Hall–Kier alpha value is -2.90. The number of benzene rings is 3. The van der Waals surface area contributed by atoms with E-state index in [9.17, 15) is 13.2 Å². The molecular formula is C22H24N2O4S. The highest BCUT2D eigenvalue weighted by atomic mass is 32.2. The first-order valence-electron chi connectivity index (χ1n) is 9.18. The Morgan fingerprint density at radius 1 is 0.931 bits per heavy atom. The van der Waals surface area contributed by atoms with Crippen molar-refractivity contribution in [3.8, 4) is 5.75 Å². The molecule has 0 heterocycles. The molecule has 0 radical (unpaired) electrons. The lowest BCUT2D eigenvalue weighted by molar-refractivity contribution is -0.118. The molecule has 0 aromatic heterocycles. The fraction of sp³-hybridized carbons (Fsp3) is 0.227. The van der Waals surface area contributed by atoms with E-state index in [2.05, 4.69) is 10.0 Å². The maximum atomic E-state index is 12.5. The van der Waals surface area contributed by atoms with Crippen molar-refractivity contribution in [1.82, 2.24) is 4.72 Å². The maximum Gasteiger partial charge on any atom is 0.262 e. The van der Waals surface area contributed by atoms with E-state index in [1.54, 1.807) is 39.0 Å². The molecule has 152 valence electrons. The van der Waals surface area contributed by atoms with Gasteiger partial charge < -0.3 is 10.1 Å². The molecule has 0 atom stereocenters. The first kappa shape index (κ1) is 20.8. The predicted octanol–water partition coefficient (Wildman–Crippen LogP) is 3.93. The molecule has 29 heavy (non-hydrogen) atoms. The van der Waals surface area contributed by atoms with Gasteiger partial charge in [0.05, 0.1) is 4.90 Å². The third kappa shape index (κ3) is 5.79. The van der Waals surface area contributed by atoms with Crippen LogP contribution in [-0.4, -0.2) is 26.5 Å². The fourth-order valence-electron chi connectivity index (χ4n) is 2.81. The summed E-state index contributed by atoms with van der Waals surface area (Å²) in [5.74, 6) is 0.209. The molecule has 0 aliphatic carbocycles. The molecule has 0 bridgehead atoms. The van der Waals surface area contributed by atoms with Crippen LogP contribution in [0.5, 0.6) is 5.75 Å². The predicted molar refractivity (Wildman–Crippen MR) is 115 cm³/mol. The minimum atomic E-state index is -3.68. The Labute approximate surface area is 170 Å². The highest BCUT2D eigenvalue weighted by Crippen LogP contribution is 2.21. The summed E-state index contributed by atoms with van der Waals surface area (Å²) in [5.41, 5.74) is -0.222. The van der Waals surface area contributed by atoms with E-state index >= 15 is 0 Å². The van der Waals surface area contributed by atoms with Crippen molar-refractivity contribution in [1.29, 1.82) is 0 Å². The Morgan fingerprint density at radius 2 is 1.66 bits per heavy atom. The van der Waals surface area contributed by atoms with E-state index in [0.29, 0.717) is 11.4 Å². The lowest BCUT2D eigenvalue weighted by Crippen LogP contribution is -2.40. The molecule has 1 amide bonds. The zero-order valence-corrected chi connectivity index (χ0v) is 17.4. The molecule has 3 aromatic rings. The van der Waals surface area contributed by atoms with E-state index in [-0.39, 0.29) is 17.4 Å². The monoisotopic (exact) mass is 412 g/mol. The Kier molecular flexibility index (Phi) is 5.91. The molecule has 0 aliphatic heterocycles. The number of nitrogens with one attached hydrogen (secondary N) is 2. The minimum Gasteiger partial charge on any atom is -0.484 e. The summed E-state index contributed by atoms with van der Waals surface area (Å²) in [6.45, 7) is 5.11. The Morgan fingerprint density at radius 3 is 2.38 bits per heavy atom. The largest absolute Gasteiger partial charge is 0.484 e. The van der Waals surface area contributed by atoms with E-state index in [1.165, 1.54) is 12.1 Å². The van der Waals surface area contributed by atoms with Crippen LogP contribution in [0.1, 0.15) is 20.8 Å². The van der Waals surface area contributed by atoms with Crippen LogP contribution in [0.15, 0.2) is 71.6 Å². The lowest BCUT2D eigenvalue weighted by Gasteiger charge is -2.20. The van der Waals surface area contributed by atoms with Crippen LogP contribution in [-0.2, 0) is 14.8 Å². The van der Waals surface area contributed by atoms with Crippen molar-refractivity contribution in [2.75, 3.05) is 11.9 Å². The minimum absolute atomic E-state index is 0.0840. The van der Waals surface area contributed by atoms with Gasteiger partial charge in [-0.05, 0) is 61.9 Å². The van der Waals surface area contributed by atoms with E-state index in [0.717, 1.165) is 10.8 Å². The van der Waals surface area contributed by atoms with Gasteiger partial charge in [-0.25, -0.2) is 13.1 Å². The van der Waals surface area contributed by atoms with Crippen molar-refractivity contribution in [3.05, 3.63) is 66.7 Å². The van der Waals surface area contributed by atoms with Crippen LogP contribution in [0.2, 0.25) is 0 Å². The molecule has 2 N–H and O–H groups in total. The average Bonchev–Trinajstić information content (AvgIpc) is 2.64. The molecule has 3 aromatic carbocycles. The number of hydrogen-bond acceptors (Lipinski definition) is 4. The Balaban J connectivity index is 1.64. The van der Waals surface area contributed by atoms with Crippen molar-refractivity contribution < 1.29 is 17.9 Å². The number of carbonyl (C=O) groups excluding carboxylic acids is 1. The average molecular weight is 413 g/mol. The number of fused-ring (bicyclic) bond motifs is 1. The summed E-state index contributed by atoms with van der Waals surface area (Å²) in [4.78, 5) is 12.3. The second-order valence-corrected chi connectivity index (χ2v) is 9.41. The van der Waals surface area contributed by atoms with Crippen LogP contribution in [0, 0.1) is 0 Å². The molecule has 7 heteroatoms. The first-order chi connectivity index (χ1) is 13.6. The smallest absolute Gasteiger partial charge is 0.262 e. The zero-order valence-electron chi connectivity index (χ0n) is 16.6. The van der Waals surface area contributed by atoms with Crippen LogP contribution in [0.3, 0.4) is 0 Å². The number of ether oxygens (including phenoxy) is 1. The quantitative estimate of drug-likeness (QED) is 0.642. The SMILES string of the molecule is CC(C)(C)NS(=O)(=O)c1cccc(NC(=O)COc2ccc3ccccc3c2)c1. The van der Waals surface area contributed by atoms with Crippen molar-refractivity contribution in [3.63, 3.8) is 0 Å². The van der Waals surface area contributed by atoms with E-state index in [1.807, 2.05) is 36.4 Å². The van der Waals surface area contributed by atoms with Gasteiger partial charge in [0, 0.05) is 11.2 Å². The van der Waals surface area contributed by atoms with Crippen molar-refractivity contribution >= 4 is 32.4 Å². The van der Waals surface area contributed by atoms with Gasteiger partial charge in [0.25, 0.3) is 5.91 Å². The molecule has 0 aliphatic rings. The molecule has 0 fully saturated rings. The summed E-state index contributed by atoms with van der Waals surface area (Å²) in [6.07, 6.45) is 0. The summed E-state index contributed by atoms with van der Waals surface area (Å²) in [5, 5.41) is 4.78. The number of anilines is 1. The number of carbonyl (C=O) groups is 1. The second-order valence-electron chi connectivity index (χ2n) is 7.73. The molecule has 0 spiro atoms. The molecular weight excluding hydrogens is 388 g/mol. The fourth-order valence-corrected chi connectivity index (χ4v) is 4.27. The summed E-state index contributed by atoms with van der Waals surface area (Å²) < 4.78 is 33.1. The first-order valence-corrected chi connectivity index (χ1v) is 10.7. The number of hydrogen-bond donors (Lipinski definition) is 2. The van der Waals surface area contributed by atoms with Gasteiger partial charge in [0.15, 0.2) is 6.61 Å². The van der Waals surface area contributed by atoms with Crippen molar-refractivity contribution in [2.45, 2.75) is 31.2 Å². The van der Waals surface area contributed by atoms with E-state index in [4.69, 9.17) is 4.74 Å². The number of rotatable bonds is 6. The van der Waals surface area contributed by atoms with Gasteiger partial charge in [-0.15, -0.1) is 0 Å². The second kappa shape index (κ2) is 8.23. The van der Waals surface area contributed by atoms with Crippen LogP contribution >= 0.6 is 0 Å². The maximum absolute atomic E-state index is 12.5. The normalized spacial score (nSPS) is 12.0. The highest BCUT2D eigenvalue weighted by Gasteiger charge is 2.22. The van der Waals surface area contributed by atoms with Gasteiger partial charge in [0.2, 0.25) is 10.0 Å². The number of amides is 1. The third-order valence-corrected chi connectivity index (χ3v) is 5.72. The molecule has 6 nitrogen and oxygen atoms in total. The van der Waals surface area contributed by atoms with Crippen LogP contribution < -0.4 is 14.8 Å². The molecule has 0 saturated heterocycles. The summed E-state index contributed by atoms with van der Waals surface area (Å²) >= 11 is 0. The standard InChI is InChI=1S/C22H24N2O4S/c1-22(2,3)24-29(26,27)20-10-6-9-18(14-20)23-21(25)15-28-19-12-11-16-7-4-5-8-17(16)13-19/h4-14,24H,15H2,1-3H3,(H,23,25). The number of sulfonamides is 1. The summed E-state index contributed by atoms with van der Waals surface area (Å²) in [6, 6.07) is 19.6. The van der Waals surface area contributed by atoms with Gasteiger partial charge in [-0.2, -0.15) is 0 Å². The topological polar surface area (TPSA) is 84.5 Å². The molecule has 0 unspecified atom stereocenters. The van der Waals surface area contributed by atoms with Gasteiger partial charge in [-0.1, -0.05) is 36.4 Å². The lowest BCUT2D eigenvalue weighted by atomic mass is 10.1. The van der Waals surface area contributed by atoms with Gasteiger partial charge >= 0.3 is 0 Å². The van der Waals surface area contributed by atoms with Crippen LogP contribution in [0.25, 0.3) is 10.8 Å². The van der Waals surface area contributed by atoms with Gasteiger partial charge in [0.1, 0.15) is 5.75 Å².